The molecular weight excluding hydrogens is 278 g/mol. The van der Waals surface area contributed by atoms with Crippen molar-refractivity contribution in [1.29, 1.82) is 0 Å². The largest absolute Gasteiger partial charge is 0.311 e. The van der Waals surface area contributed by atoms with E-state index in [9.17, 15) is 0 Å². The van der Waals surface area contributed by atoms with Crippen LogP contribution in [0.4, 0.5) is 0 Å². The van der Waals surface area contributed by atoms with Crippen molar-refractivity contribution >= 4 is 11.6 Å². The summed E-state index contributed by atoms with van der Waals surface area (Å²) >= 11 is 6.24. The van der Waals surface area contributed by atoms with Gasteiger partial charge in [0, 0.05) is 22.5 Å². The summed E-state index contributed by atoms with van der Waals surface area (Å²) in [5.41, 5.74) is 2.35. The lowest BCUT2D eigenvalue weighted by molar-refractivity contribution is 0.00943. The molecule has 0 bridgehead atoms. The van der Waals surface area contributed by atoms with Crippen LogP contribution < -0.4 is 5.32 Å². The fourth-order valence-corrected chi connectivity index (χ4v) is 4.01. The third kappa shape index (κ3) is 3.63. The minimum Gasteiger partial charge on any atom is -0.311 e. The lowest BCUT2D eigenvalue weighted by Gasteiger charge is -2.57. The average Bonchev–Trinajstić information content (AvgIpc) is 2.37. The van der Waals surface area contributed by atoms with Crippen molar-refractivity contribution in [2.24, 2.45) is 5.41 Å². The third-order valence-corrected chi connectivity index (χ3v) is 5.56. The Balaban J connectivity index is 2.25. The van der Waals surface area contributed by atoms with Crippen LogP contribution in [0.2, 0.25) is 5.02 Å². The second-order valence-electron chi connectivity index (χ2n) is 7.95. The van der Waals surface area contributed by atoms with Gasteiger partial charge in [0.1, 0.15) is 0 Å². The smallest absolute Gasteiger partial charge is 0.0408 e. The fraction of sp³-hybridized carbons (Fsp3) is 0.684. The summed E-state index contributed by atoms with van der Waals surface area (Å²) in [6, 6.07) is 8.49. The second-order valence-corrected chi connectivity index (χ2v) is 8.39. The number of rotatable bonds is 5. The summed E-state index contributed by atoms with van der Waals surface area (Å²) in [6.07, 6.45) is 5.11. The molecule has 1 fully saturated rings. The van der Waals surface area contributed by atoms with Gasteiger partial charge in [0.2, 0.25) is 0 Å². The molecule has 0 amide bonds. The van der Waals surface area contributed by atoms with E-state index in [0.29, 0.717) is 5.41 Å². The van der Waals surface area contributed by atoms with Crippen molar-refractivity contribution in [3.63, 3.8) is 0 Å². The summed E-state index contributed by atoms with van der Waals surface area (Å²) in [7, 11) is 0. The monoisotopic (exact) mass is 307 g/mol. The Kier molecular flexibility index (Phi) is 4.75. The highest BCUT2D eigenvalue weighted by Crippen LogP contribution is 2.59. The number of hydrogen-bond acceptors (Lipinski definition) is 1. The Morgan fingerprint density at radius 2 is 1.76 bits per heavy atom. The summed E-state index contributed by atoms with van der Waals surface area (Å²) < 4.78 is 0. The van der Waals surface area contributed by atoms with E-state index in [4.69, 9.17) is 11.6 Å². The van der Waals surface area contributed by atoms with Gasteiger partial charge in [0.05, 0.1) is 0 Å². The van der Waals surface area contributed by atoms with Gasteiger partial charge in [0.15, 0.2) is 0 Å². The highest BCUT2D eigenvalue weighted by molar-refractivity contribution is 6.30. The quantitative estimate of drug-likeness (QED) is 0.750. The minimum atomic E-state index is 0.155. The van der Waals surface area contributed by atoms with Crippen LogP contribution in [0.3, 0.4) is 0 Å². The van der Waals surface area contributed by atoms with Crippen molar-refractivity contribution < 1.29 is 0 Å². The molecule has 0 heterocycles. The first-order valence-corrected chi connectivity index (χ1v) is 8.63. The zero-order valence-electron chi connectivity index (χ0n) is 14.2. The molecule has 0 saturated heterocycles. The van der Waals surface area contributed by atoms with Gasteiger partial charge >= 0.3 is 0 Å². The lowest BCUT2D eigenvalue weighted by atomic mass is 9.48. The van der Waals surface area contributed by atoms with Crippen molar-refractivity contribution in [1.82, 2.24) is 5.32 Å². The van der Waals surface area contributed by atoms with Gasteiger partial charge in [-0.15, -0.1) is 0 Å². The summed E-state index contributed by atoms with van der Waals surface area (Å²) in [6.45, 7) is 12.4. The van der Waals surface area contributed by atoms with Crippen LogP contribution in [0.1, 0.15) is 65.9 Å². The Morgan fingerprint density at radius 1 is 1.14 bits per heavy atom. The molecule has 0 spiro atoms. The molecule has 2 rings (SSSR count). The number of halogens is 1. The molecule has 21 heavy (non-hydrogen) atoms. The van der Waals surface area contributed by atoms with E-state index in [1.54, 1.807) is 0 Å². The SMILES string of the molecule is CCC1(CC)CC(CNC(C)(C)C)(c2cccc(Cl)c2)C1. The molecule has 1 saturated carbocycles. The second kappa shape index (κ2) is 5.93. The van der Waals surface area contributed by atoms with Crippen LogP contribution in [0.5, 0.6) is 0 Å². The lowest BCUT2D eigenvalue weighted by Crippen LogP contribution is -2.56. The number of hydrogen-bond donors (Lipinski definition) is 1. The first-order valence-electron chi connectivity index (χ1n) is 8.25. The number of benzene rings is 1. The molecule has 1 aromatic carbocycles. The van der Waals surface area contributed by atoms with Crippen molar-refractivity contribution in [3.8, 4) is 0 Å². The summed E-state index contributed by atoms with van der Waals surface area (Å²) in [5, 5.41) is 4.58. The first kappa shape index (κ1) is 16.8. The third-order valence-electron chi connectivity index (χ3n) is 5.32. The highest BCUT2D eigenvalue weighted by atomic mass is 35.5. The van der Waals surface area contributed by atoms with E-state index in [1.807, 2.05) is 6.07 Å². The molecular formula is C19H30ClN. The molecule has 0 unspecified atom stereocenters. The summed E-state index contributed by atoms with van der Waals surface area (Å²) in [4.78, 5) is 0. The Morgan fingerprint density at radius 3 is 2.24 bits per heavy atom. The zero-order valence-corrected chi connectivity index (χ0v) is 15.0. The maximum Gasteiger partial charge on any atom is 0.0408 e. The first-order chi connectivity index (χ1) is 9.74. The normalized spacial score (nSPS) is 20.1. The zero-order chi connectivity index (χ0) is 15.7. The van der Waals surface area contributed by atoms with Crippen LogP contribution >= 0.6 is 11.6 Å². The molecule has 2 heteroatoms. The maximum absolute atomic E-state index is 6.24. The van der Waals surface area contributed by atoms with Crippen molar-refractivity contribution in [3.05, 3.63) is 34.9 Å². The molecule has 1 aliphatic carbocycles. The molecule has 0 radical (unpaired) electrons. The molecule has 0 atom stereocenters. The van der Waals surface area contributed by atoms with E-state index in [0.717, 1.165) is 11.6 Å². The Bertz CT molecular complexity index is 475. The summed E-state index contributed by atoms with van der Waals surface area (Å²) in [5.74, 6) is 0. The van der Waals surface area contributed by atoms with Gasteiger partial charge in [-0.3, -0.25) is 0 Å². The van der Waals surface area contributed by atoms with Gasteiger partial charge in [-0.05, 0) is 56.7 Å². The standard InChI is InChI=1S/C19H30ClN/c1-6-18(7-2)12-19(13-18,14-21-17(3,4)5)15-9-8-10-16(20)11-15/h8-11,21H,6-7,12-14H2,1-5H3. The average molecular weight is 308 g/mol. The molecule has 118 valence electrons. The molecule has 1 nitrogen and oxygen atoms in total. The number of nitrogens with one attached hydrogen (secondary N) is 1. The topological polar surface area (TPSA) is 12.0 Å². The van der Waals surface area contributed by atoms with Gasteiger partial charge in [-0.1, -0.05) is 50.4 Å². The van der Waals surface area contributed by atoms with Crippen molar-refractivity contribution in [2.75, 3.05) is 6.54 Å². The van der Waals surface area contributed by atoms with E-state index >= 15 is 0 Å². The highest BCUT2D eigenvalue weighted by Gasteiger charge is 2.53. The van der Waals surface area contributed by atoms with Crippen LogP contribution in [0, 0.1) is 5.41 Å². The molecule has 0 aromatic heterocycles. The Hall–Kier alpha value is -0.530. The molecule has 0 aliphatic heterocycles. The Labute approximate surface area is 135 Å². The van der Waals surface area contributed by atoms with E-state index in [-0.39, 0.29) is 11.0 Å². The van der Waals surface area contributed by atoms with Gasteiger partial charge in [-0.25, -0.2) is 0 Å². The van der Waals surface area contributed by atoms with Crippen LogP contribution in [0.25, 0.3) is 0 Å². The van der Waals surface area contributed by atoms with E-state index in [1.165, 1.54) is 31.2 Å². The molecule has 1 aromatic rings. The predicted octanol–water partition coefficient (Wildman–Crippen LogP) is 5.57. The van der Waals surface area contributed by atoms with Crippen molar-refractivity contribution in [2.45, 2.75) is 71.3 Å². The van der Waals surface area contributed by atoms with Gasteiger partial charge in [-0.2, -0.15) is 0 Å². The van der Waals surface area contributed by atoms with Crippen LogP contribution in [0.15, 0.2) is 24.3 Å². The van der Waals surface area contributed by atoms with Crippen LogP contribution in [-0.2, 0) is 5.41 Å². The van der Waals surface area contributed by atoms with Crippen LogP contribution in [-0.4, -0.2) is 12.1 Å². The predicted molar refractivity (Wildman–Crippen MR) is 93.1 cm³/mol. The van der Waals surface area contributed by atoms with E-state index in [2.05, 4.69) is 58.1 Å². The molecule has 1 N–H and O–H groups in total. The van der Waals surface area contributed by atoms with Gasteiger partial charge in [0.25, 0.3) is 0 Å². The minimum absolute atomic E-state index is 0.155. The van der Waals surface area contributed by atoms with E-state index < -0.39 is 0 Å². The maximum atomic E-state index is 6.24. The molecule has 1 aliphatic rings. The van der Waals surface area contributed by atoms with Gasteiger partial charge < -0.3 is 5.32 Å². The fourth-order valence-electron chi connectivity index (χ4n) is 3.82.